The van der Waals surface area contributed by atoms with Crippen LogP contribution in [-0.2, 0) is 19.1 Å². The van der Waals surface area contributed by atoms with Gasteiger partial charge >= 0.3 is 5.97 Å². The number of benzene rings is 1. The molecule has 0 radical (unpaired) electrons. The highest BCUT2D eigenvalue weighted by Gasteiger charge is 2.46. The van der Waals surface area contributed by atoms with Gasteiger partial charge in [0.1, 0.15) is 11.9 Å². The van der Waals surface area contributed by atoms with Crippen molar-refractivity contribution in [2.45, 2.75) is 31.7 Å². The Hall–Kier alpha value is -2.56. The zero-order chi connectivity index (χ0) is 15.3. The molecule has 0 amide bonds. The maximum atomic E-state index is 12.2. The van der Waals surface area contributed by atoms with Gasteiger partial charge in [-0.1, -0.05) is 18.2 Å². The molecule has 0 aromatic heterocycles. The Bertz CT molecular complexity index is 730. The molecule has 4 rings (SSSR count). The standard InChI is InChI=1S/C17H14O5/c1-9-6-15(22-17(9)19)20-8-11-12(18)7-14-16(11)10-4-2-3-5-13(10)21-14/h2-6,8,14-16H,7H2,1H3/b11-8-. The predicted molar refractivity (Wildman–Crippen MR) is 76.0 cm³/mol. The van der Waals surface area contributed by atoms with Gasteiger partial charge in [0.25, 0.3) is 6.29 Å². The third-order valence-electron chi connectivity index (χ3n) is 4.21. The molecule has 2 heterocycles. The number of carbonyl (C=O) groups excluding carboxylic acids is 2. The first-order valence-corrected chi connectivity index (χ1v) is 7.17. The number of ether oxygens (including phenoxy) is 3. The molecule has 5 heteroatoms. The van der Waals surface area contributed by atoms with E-state index < -0.39 is 12.3 Å². The molecular formula is C17H14O5. The van der Waals surface area contributed by atoms with Gasteiger partial charge in [0.15, 0.2) is 5.78 Å². The Kier molecular flexibility index (Phi) is 2.82. The van der Waals surface area contributed by atoms with Crippen molar-refractivity contribution in [2.75, 3.05) is 0 Å². The van der Waals surface area contributed by atoms with Crippen LogP contribution in [0.1, 0.15) is 24.8 Å². The third-order valence-corrected chi connectivity index (χ3v) is 4.21. The predicted octanol–water partition coefficient (Wildman–Crippen LogP) is 2.23. The summed E-state index contributed by atoms with van der Waals surface area (Å²) < 4.78 is 16.3. The molecule has 1 aromatic rings. The topological polar surface area (TPSA) is 61.8 Å². The van der Waals surface area contributed by atoms with E-state index in [0.717, 1.165) is 11.3 Å². The highest BCUT2D eigenvalue weighted by Crippen LogP contribution is 2.48. The van der Waals surface area contributed by atoms with Crippen molar-refractivity contribution in [3.8, 4) is 5.75 Å². The summed E-state index contributed by atoms with van der Waals surface area (Å²) in [5.41, 5.74) is 2.08. The van der Waals surface area contributed by atoms with Crippen LogP contribution < -0.4 is 4.74 Å². The number of cyclic esters (lactones) is 1. The normalized spacial score (nSPS) is 30.7. The van der Waals surface area contributed by atoms with Crippen molar-refractivity contribution in [2.24, 2.45) is 0 Å². The molecule has 1 aromatic carbocycles. The second-order valence-corrected chi connectivity index (χ2v) is 5.63. The molecule has 112 valence electrons. The highest BCUT2D eigenvalue weighted by atomic mass is 16.7. The van der Waals surface area contributed by atoms with Crippen LogP contribution >= 0.6 is 0 Å². The fourth-order valence-electron chi connectivity index (χ4n) is 3.13. The van der Waals surface area contributed by atoms with Crippen LogP contribution in [0, 0.1) is 0 Å². The van der Waals surface area contributed by atoms with Gasteiger partial charge in [-0.2, -0.15) is 0 Å². The summed E-state index contributed by atoms with van der Waals surface area (Å²) in [7, 11) is 0. The number of carbonyl (C=O) groups is 2. The van der Waals surface area contributed by atoms with Crippen molar-refractivity contribution in [3.05, 3.63) is 53.3 Å². The smallest absolute Gasteiger partial charge is 0.336 e. The van der Waals surface area contributed by atoms with Gasteiger partial charge in [-0.25, -0.2) is 4.79 Å². The monoisotopic (exact) mass is 298 g/mol. The second-order valence-electron chi connectivity index (χ2n) is 5.63. The van der Waals surface area contributed by atoms with E-state index in [-0.39, 0.29) is 17.8 Å². The Labute approximate surface area is 127 Å². The third kappa shape index (κ3) is 1.93. The van der Waals surface area contributed by atoms with Crippen LogP contribution in [0.3, 0.4) is 0 Å². The lowest BCUT2D eigenvalue weighted by molar-refractivity contribution is -0.152. The first-order chi connectivity index (χ1) is 10.6. The van der Waals surface area contributed by atoms with Crippen LogP contribution in [0.2, 0.25) is 0 Å². The zero-order valence-electron chi connectivity index (χ0n) is 11.9. The van der Waals surface area contributed by atoms with E-state index in [1.807, 2.05) is 24.3 Å². The number of esters is 1. The molecule has 0 N–H and O–H groups in total. The summed E-state index contributed by atoms with van der Waals surface area (Å²) in [6.07, 6.45) is 2.43. The lowest BCUT2D eigenvalue weighted by Gasteiger charge is -2.11. The molecule has 1 aliphatic carbocycles. The SMILES string of the molecule is CC1=CC(O/C=C2/C(=O)CC3Oc4ccccc4C23)OC1=O. The maximum absolute atomic E-state index is 12.2. The van der Waals surface area contributed by atoms with Crippen molar-refractivity contribution < 1.29 is 23.8 Å². The van der Waals surface area contributed by atoms with Crippen LogP contribution in [0.4, 0.5) is 0 Å². The van der Waals surface area contributed by atoms with E-state index in [9.17, 15) is 9.59 Å². The zero-order valence-corrected chi connectivity index (χ0v) is 11.9. The van der Waals surface area contributed by atoms with Gasteiger partial charge in [0.05, 0.1) is 12.2 Å². The van der Waals surface area contributed by atoms with Gasteiger partial charge in [-0.05, 0) is 13.0 Å². The number of ketones is 1. The number of para-hydroxylation sites is 1. The number of rotatable bonds is 2. The van der Waals surface area contributed by atoms with E-state index >= 15 is 0 Å². The van der Waals surface area contributed by atoms with Crippen LogP contribution in [0.15, 0.2) is 47.7 Å². The van der Waals surface area contributed by atoms with Gasteiger partial charge in [0, 0.05) is 29.2 Å². The molecular weight excluding hydrogens is 284 g/mol. The van der Waals surface area contributed by atoms with Crippen molar-refractivity contribution >= 4 is 11.8 Å². The Morgan fingerprint density at radius 3 is 2.82 bits per heavy atom. The molecule has 1 saturated carbocycles. The molecule has 1 fully saturated rings. The minimum atomic E-state index is -0.760. The van der Waals surface area contributed by atoms with Gasteiger partial charge in [0.2, 0.25) is 0 Å². The fraction of sp³-hybridized carbons (Fsp3) is 0.294. The molecule has 3 aliphatic rings. The minimum Gasteiger partial charge on any atom is -0.489 e. The van der Waals surface area contributed by atoms with E-state index in [4.69, 9.17) is 14.2 Å². The first-order valence-electron chi connectivity index (χ1n) is 7.17. The first kappa shape index (κ1) is 13.1. The molecule has 3 unspecified atom stereocenters. The summed E-state index contributed by atoms with van der Waals surface area (Å²) >= 11 is 0. The lowest BCUT2D eigenvalue weighted by atomic mass is 9.94. The molecule has 0 bridgehead atoms. The number of fused-ring (bicyclic) bond motifs is 3. The Balaban J connectivity index is 1.60. The van der Waals surface area contributed by atoms with Crippen molar-refractivity contribution in [3.63, 3.8) is 0 Å². The minimum absolute atomic E-state index is 0.00882. The molecule has 3 atom stereocenters. The molecule has 0 saturated heterocycles. The summed E-state index contributed by atoms with van der Waals surface area (Å²) in [5, 5.41) is 0. The maximum Gasteiger partial charge on any atom is 0.336 e. The summed E-state index contributed by atoms with van der Waals surface area (Å²) in [4.78, 5) is 23.5. The quantitative estimate of drug-likeness (QED) is 0.476. The van der Waals surface area contributed by atoms with E-state index in [0.29, 0.717) is 17.6 Å². The second kappa shape index (κ2) is 4.73. The number of hydrogen-bond donors (Lipinski definition) is 0. The van der Waals surface area contributed by atoms with Crippen LogP contribution in [-0.4, -0.2) is 24.1 Å². The highest BCUT2D eigenvalue weighted by molar-refractivity contribution is 6.00. The van der Waals surface area contributed by atoms with Crippen LogP contribution in [0.5, 0.6) is 5.75 Å². The number of hydrogen-bond acceptors (Lipinski definition) is 5. The molecule has 5 nitrogen and oxygen atoms in total. The van der Waals surface area contributed by atoms with Gasteiger partial charge < -0.3 is 14.2 Å². The molecule has 2 aliphatic heterocycles. The molecule has 22 heavy (non-hydrogen) atoms. The largest absolute Gasteiger partial charge is 0.489 e. The Morgan fingerprint density at radius 2 is 2.05 bits per heavy atom. The van der Waals surface area contributed by atoms with Crippen molar-refractivity contribution in [1.82, 2.24) is 0 Å². The lowest BCUT2D eigenvalue weighted by Crippen LogP contribution is -2.13. The van der Waals surface area contributed by atoms with Crippen molar-refractivity contribution in [1.29, 1.82) is 0 Å². The van der Waals surface area contributed by atoms with E-state index in [2.05, 4.69) is 0 Å². The average Bonchev–Trinajstić information content (AvgIpc) is 3.09. The molecule has 0 spiro atoms. The van der Waals surface area contributed by atoms with Gasteiger partial charge in [-0.3, -0.25) is 4.79 Å². The van der Waals surface area contributed by atoms with Gasteiger partial charge in [-0.15, -0.1) is 0 Å². The Morgan fingerprint density at radius 1 is 1.23 bits per heavy atom. The van der Waals surface area contributed by atoms with E-state index in [1.54, 1.807) is 13.0 Å². The average molecular weight is 298 g/mol. The van der Waals surface area contributed by atoms with E-state index in [1.165, 1.54) is 6.26 Å². The summed E-state index contributed by atoms with van der Waals surface area (Å²) in [5.74, 6) is 0.327. The summed E-state index contributed by atoms with van der Waals surface area (Å²) in [6.45, 7) is 1.66. The summed E-state index contributed by atoms with van der Waals surface area (Å²) in [6, 6.07) is 7.71. The van der Waals surface area contributed by atoms with Crippen LogP contribution in [0.25, 0.3) is 0 Å². The fourth-order valence-corrected chi connectivity index (χ4v) is 3.13. The number of Topliss-reactive ketones (excluding diaryl/α,β-unsaturated/α-hetero) is 1.